The van der Waals surface area contributed by atoms with Crippen LogP contribution in [-0.2, 0) is 14.3 Å². The Labute approximate surface area is 113 Å². The van der Waals surface area contributed by atoms with Crippen LogP contribution in [0, 0.1) is 0 Å². The van der Waals surface area contributed by atoms with Crippen LogP contribution in [-0.4, -0.2) is 43.3 Å². The van der Waals surface area contributed by atoms with Crippen LogP contribution in [0.3, 0.4) is 0 Å². The van der Waals surface area contributed by atoms with Gasteiger partial charge in [-0.2, -0.15) is 0 Å². The minimum absolute atomic E-state index is 0.176. The molecule has 0 radical (unpaired) electrons. The average Bonchev–Trinajstić information content (AvgIpc) is 2.99. The lowest BCUT2D eigenvalue weighted by molar-refractivity contribution is -0.140. The summed E-state index contributed by atoms with van der Waals surface area (Å²) < 4.78 is 10.7. The Kier molecular flexibility index (Phi) is 4.87. The molecule has 1 N–H and O–H groups in total. The standard InChI is InChI=1S/C13H22ClNO3/c1-17-12(16)11(14)9-15-8-10-4-7-13(18-10)5-2-3-6-13/h10-11,15H,2-9H2,1H3. The van der Waals surface area contributed by atoms with E-state index in [1.807, 2.05) is 0 Å². The fourth-order valence-electron chi connectivity index (χ4n) is 3.01. The van der Waals surface area contributed by atoms with Crippen LogP contribution in [0.4, 0.5) is 0 Å². The quantitative estimate of drug-likeness (QED) is 0.614. The third kappa shape index (κ3) is 3.37. The molecule has 0 aromatic carbocycles. The van der Waals surface area contributed by atoms with E-state index in [1.54, 1.807) is 0 Å². The van der Waals surface area contributed by atoms with E-state index in [1.165, 1.54) is 39.2 Å². The van der Waals surface area contributed by atoms with Crippen LogP contribution < -0.4 is 5.32 Å². The van der Waals surface area contributed by atoms with E-state index >= 15 is 0 Å². The highest BCUT2D eigenvalue weighted by molar-refractivity contribution is 6.30. The van der Waals surface area contributed by atoms with Gasteiger partial charge >= 0.3 is 5.97 Å². The Morgan fingerprint density at radius 1 is 1.50 bits per heavy atom. The Morgan fingerprint density at radius 2 is 2.22 bits per heavy atom. The van der Waals surface area contributed by atoms with Crippen LogP contribution in [0.2, 0.25) is 0 Å². The van der Waals surface area contributed by atoms with Crippen LogP contribution in [0.25, 0.3) is 0 Å². The molecule has 2 rings (SSSR count). The molecule has 2 atom stereocenters. The molecule has 2 aliphatic rings. The normalized spacial score (nSPS) is 27.6. The second kappa shape index (κ2) is 6.22. The number of hydrogen-bond acceptors (Lipinski definition) is 4. The van der Waals surface area contributed by atoms with Gasteiger partial charge in [-0.05, 0) is 25.7 Å². The summed E-state index contributed by atoms with van der Waals surface area (Å²) in [5, 5.41) is 2.58. The minimum Gasteiger partial charge on any atom is -0.468 e. The van der Waals surface area contributed by atoms with Gasteiger partial charge in [-0.1, -0.05) is 12.8 Å². The molecule has 2 fully saturated rings. The number of hydrogen-bond donors (Lipinski definition) is 1. The van der Waals surface area contributed by atoms with Gasteiger partial charge in [0.1, 0.15) is 5.38 Å². The van der Waals surface area contributed by atoms with Crippen molar-refractivity contribution in [2.45, 2.75) is 55.6 Å². The monoisotopic (exact) mass is 275 g/mol. The number of rotatable bonds is 5. The molecule has 1 aliphatic heterocycles. The number of carbonyl (C=O) groups is 1. The van der Waals surface area contributed by atoms with Crippen molar-refractivity contribution in [1.82, 2.24) is 5.32 Å². The summed E-state index contributed by atoms with van der Waals surface area (Å²) in [6.45, 7) is 1.20. The molecule has 0 bridgehead atoms. The smallest absolute Gasteiger partial charge is 0.325 e. The number of methoxy groups -OCH3 is 1. The van der Waals surface area contributed by atoms with Crippen molar-refractivity contribution in [1.29, 1.82) is 0 Å². The van der Waals surface area contributed by atoms with Gasteiger partial charge in [0.15, 0.2) is 0 Å². The van der Waals surface area contributed by atoms with Crippen LogP contribution in [0.5, 0.6) is 0 Å². The Morgan fingerprint density at radius 3 is 2.89 bits per heavy atom. The van der Waals surface area contributed by atoms with Crippen molar-refractivity contribution in [3.63, 3.8) is 0 Å². The summed E-state index contributed by atoms with van der Waals surface area (Å²) in [5.74, 6) is -0.385. The van der Waals surface area contributed by atoms with E-state index in [4.69, 9.17) is 16.3 Å². The summed E-state index contributed by atoms with van der Waals surface area (Å²) in [6.07, 6.45) is 7.58. The predicted molar refractivity (Wildman–Crippen MR) is 69.8 cm³/mol. The van der Waals surface area contributed by atoms with Crippen molar-refractivity contribution < 1.29 is 14.3 Å². The lowest BCUT2D eigenvalue weighted by Crippen LogP contribution is -2.36. The van der Waals surface area contributed by atoms with Gasteiger partial charge in [0.05, 0.1) is 18.8 Å². The van der Waals surface area contributed by atoms with Gasteiger partial charge in [-0.3, -0.25) is 4.79 Å². The van der Waals surface area contributed by atoms with Gasteiger partial charge in [0.2, 0.25) is 0 Å². The zero-order valence-corrected chi connectivity index (χ0v) is 11.7. The first-order valence-electron chi connectivity index (χ1n) is 6.76. The molecule has 2 unspecified atom stereocenters. The highest BCUT2D eigenvalue weighted by Crippen LogP contribution is 2.43. The SMILES string of the molecule is COC(=O)C(Cl)CNCC1CCC2(CCCC2)O1. The molecule has 0 aromatic heterocycles. The van der Waals surface area contributed by atoms with Crippen LogP contribution in [0.1, 0.15) is 38.5 Å². The highest BCUT2D eigenvalue weighted by atomic mass is 35.5. The molecular weight excluding hydrogens is 254 g/mol. The second-order valence-corrected chi connectivity index (χ2v) is 5.84. The van der Waals surface area contributed by atoms with E-state index in [0.29, 0.717) is 6.54 Å². The molecule has 4 nitrogen and oxygen atoms in total. The van der Waals surface area contributed by atoms with E-state index in [-0.39, 0.29) is 17.7 Å². The van der Waals surface area contributed by atoms with Crippen molar-refractivity contribution in [3.05, 3.63) is 0 Å². The maximum absolute atomic E-state index is 11.1. The first-order chi connectivity index (χ1) is 8.65. The molecule has 1 spiro atoms. The van der Waals surface area contributed by atoms with E-state index < -0.39 is 5.38 Å². The Hall–Kier alpha value is -0.320. The number of nitrogens with one attached hydrogen (secondary N) is 1. The summed E-state index contributed by atoms with van der Waals surface area (Å²) in [7, 11) is 1.35. The first-order valence-corrected chi connectivity index (χ1v) is 7.19. The maximum Gasteiger partial charge on any atom is 0.325 e. The number of carbonyl (C=O) groups excluding carboxylic acids is 1. The molecule has 0 aromatic rings. The number of alkyl halides is 1. The van der Waals surface area contributed by atoms with E-state index in [9.17, 15) is 4.79 Å². The zero-order chi connectivity index (χ0) is 13.0. The maximum atomic E-state index is 11.1. The summed E-state index contributed by atoms with van der Waals surface area (Å²) >= 11 is 5.86. The van der Waals surface area contributed by atoms with Gasteiger partial charge in [0.25, 0.3) is 0 Å². The van der Waals surface area contributed by atoms with Gasteiger partial charge in [-0.15, -0.1) is 11.6 Å². The summed E-state index contributed by atoms with van der Waals surface area (Å²) in [5.41, 5.74) is 0.176. The molecule has 0 amide bonds. The lowest BCUT2D eigenvalue weighted by atomic mass is 9.98. The second-order valence-electron chi connectivity index (χ2n) is 5.32. The van der Waals surface area contributed by atoms with Crippen molar-refractivity contribution in [2.24, 2.45) is 0 Å². The topological polar surface area (TPSA) is 47.6 Å². The van der Waals surface area contributed by atoms with E-state index in [2.05, 4.69) is 10.1 Å². The fourth-order valence-corrected chi connectivity index (χ4v) is 3.21. The summed E-state index contributed by atoms with van der Waals surface area (Å²) in [6, 6.07) is 0. The molecule has 104 valence electrons. The lowest BCUT2D eigenvalue weighted by Gasteiger charge is -2.24. The van der Waals surface area contributed by atoms with Crippen molar-refractivity contribution in [2.75, 3.05) is 20.2 Å². The zero-order valence-electron chi connectivity index (χ0n) is 10.9. The van der Waals surface area contributed by atoms with Gasteiger partial charge < -0.3 is 14.8 Å². The largest absolute Gasteiger partial charge is 0.468 e. The van der Waals surface area contributed by atoms with Crippen LogP contribution in [0.15, 0.2) is 0 Å². The van der Waals surface area contributed by atoms with Gasteiger partial charge in [-0.25, -0.2) is 0 Å². The van der Waals surface area contributed by atoms with E-state index in [0.717, 1.165) is 13.0 Å². The Balaban J connectivity index is 1.65. The minimum atomic E-state index is -0.614. The third-order valence-corrected chi connectivity index (χ3v) is 4.34. The van der Waals surface area contributed by atoms with Crippen molar-refractivity contribution >= 4 is 17.6 Å². The molecule has 1 saturated heterocycles. The average molecular weight is 276 g/mol. The third-order valence-electron chi connectivity index (χ3n) is 4.01. The molecule has 1 heterocycles. The fraction of sp³-hybridized carbons (Fsp3) is 0.923. The van der Waals surface area contributed by atoms with Crippen molar-refractivity contribution in [3.8, 4) is 0 Å². The van der Waals surface area contributed by atoms with Crippen LogP contribution >= 0.6 is 11.6 Å². The highest BCUT2D eigenvalue weighted by Gasteiger charge is 2.41. The molecule has 5 heteroatoms. The molecule has 1 aliphatic carbocycles. The first kappa shape index (κ1) is 14.1. The Bertz CT molecular complexity index is 292. The molecular formula is C13H22ClNO3. The molecule has 18 heavy (non-hydrogen) atoms. The number of esters is 1. The number of ether oxygens (including phenoxy) is 2. The summed E-state index contributed by atoms with van der Waals surface area (Å²) in [4.78, 5) is 11.1. The van der Waals surface area contributed by atoms with Gasteiger partial charge in [0, 0.05) is 13.1 Å². The number of halogens is 1. The predicted octanol–water partition coefficient (Wildman–Crippen LogP) is 1.85. The molecule has 1 saturated carbocycles.